The highest BCUT2D eigenvalue weighted by atomic mass is 32.1. The Hall–Kier alpha value is -2.67. The fourth-order valence-electron chi connectivity index (χ4n) is 2.53. The van der Waals surface area contributed by atoms with E-state index in [0.29, 0.717) is 23.7 Å². The Morgan fingerprint density at radius 1 is 1.33 bits per heavy atom. The minimum atomic E-state index is -0.483. The van der Waals surface area contributed by atoms with Crippen LogP contribution in [0.15, 0.2) is 29.6 Å². The van der Waals surface area contributed by atoms with Gasteiger partial charge in [-0.1, -0.05) is 0 Å². The van der Waals surface area contributed by atoms with Crippen LogP contribution in [0.2, 0.25) is 0 Å². The molecule has 3 aromatic rings. The third kappa shape index (κ3) is 2.90. The molecule has 2 heterocycles. The lowest BCUT2D eigenvalue weighted by atomic mass is 10.1. The van der Waals surface area contributed by atoms with E-state index in [9.17, 15) is 4.79 Å². The Kier molecular flexibility index (Phi) is 4.35. The van der Waals surface area contributed by atoms with Crippen LogP contribution in [-0.4, -0.2) is 29.5 Å². The van der Waals surface area contributed by atoms with Crippen molar-refractivity contribution in [2.75, 3.05) is 18.6 Å². The molecule has 0 aliphatic carbocycles. The maximum absolute atomic E-state index is 11.4. The van der Waals surface area contributed by atoms with Gasteiger partial charge in [-0.3, -0.25) is 4.79 Å². The number of hydrogen-bond acceptors (Lipinski definition) is 6. The molecule has 1 amide bonds. The molecule has 24 heavy (non-hydrogen) atoms. The standard InChI is InChI=1S/C17H18N4O2S/c1-4-23-14-9-11(15(18)22)5-6-13(14)21(3)16-12-7-8-24-17(12)20-10(2)19-16/h5-9H,4H2,1-3H3,(H2,18,22). The second-order valence-electron chi connectivity index (χ2n) is 5.27. The van der Waals surface area contributed by atoms with Crippen molar-refractivity contribution in [3.63, 3.8) is 0 Å². The number of amides is 1. The van der Waals surface area contributed by atoms with Gasteiger partial charge in [0.2, 0.25) is 5.91 Å². The number of hydrogen-bond donors (Lipinski definition) is 1. The predicted octanol–water partition coefficient (Wildman–Crippen LogP) is 3.27. The Morgan fingerprint density at radius 3 is 2.83 bits per heavy atom. The fraction of sp³-hybridized carbons (Fsp3) is 0.235. The number of nitrogens with two attached hydrogens (primary N) is 1. The zero-order chi connectivity index (χ0) is 17.3. The maximum atomic E-state index is 11.4. The van der Waals surface area contributed by atoms with Crippen molar-refractivity contribution in [3.8, 4) is 5.75 Å². The predicted molar refractivity (Wildman–Crippen MR) is 96.3 cm³/mol. The summed E-state index contributed by atoms with van der Waals surface area (Å²) in [7, 11) is 1.92. The summed E-state index contributed by atoms with van der Waals surface area (Å²) in [5.41, 5.74) is 6.59. The SMILES string of the molecule is CCOc1cc(C(N)=O)ccc1N(C)c1nc(C)nc2sccc12. The highest BCUT2D eigenvalue weighted by Gasteiger charge is 2.17. The van der Waals surface area contributed by atoms with E-state index in [2.05, 4.69) is 9.97 Å². The van der Waals surface area contributed by atoms with E-state index in [1.165, 1.54) is 0 Å². The highest BCUT2D eigenvalue weighted by Crippen LogP contribution is 2.36. The Labute approximate surface area is 143 Å². The van der Waals surface area contributed by atoms with Gasteiger partial charge in [-0.05, 0) is 43.5 Å². The smallest absolute Gasteiger partial charge is 0.248 e. The van der Waals surface area contributed by atoms with Crippen molar-refractivity contribution >= 4 is 39.0 Å². The van der Waals surface area contributed by atoms with E-state index in [1.54, 1.807) is 23.5 Å². The molecule has 0 radical (unpaired) electrons. The molecule has 124 valence electrons. The molecular weight excluding hydrogens is 324 g/mol. The zero-order valence-corrected chi connectivity index (χ0v) is 14.6. The van der Waals surface area contributed by atoms with Gasteiger partial charge in [-0.15, -0.1) is 11.3 Å². The number of benzene rings is 1. The molecule has 0 aliphatic heterocycles. The highest BCUT2D eigenvalue weighted by molar-refractivity contribution is 7.16. The summed E-state index contributed by atoms with van der Waals surface area (Å²) < 4.78 is 5.70. The third-order valence-corrected chi connectivity index (χ3v) is 4.45. The number of carbonyl (C=O) groups excluding carboxylic acids is 1. The number of anilines is 2. The molecule has 7 heteroatoms. The summed E-state index contributed by atoms with van der Waals surface area (Å²) in [5.74, 6) is 1.62. The number of carbonyl (C=O) groups is 1. The number of rotatable bonds is 5. The van der Waals surface area contributed by atoms with Crippen molar-refractivity contribution in [2.45, 2.75) is 13.8 Å². The molecule has 2 aromatic heterocycles. The molecule has 0 saturated carbocycles. The van der Waals surface area contributed by atoms with Crippen LogP contribution in [-0.2, 0) is 0 Å². The molecule has 0 saturated heterocycles. The minimum absolute atomic E-state index is 0.412. The van der Waals surface area contributed by atoms with Gasteiger partial charge >= 0.3 is 0 Å². The number of nitrogens with zero attached hydrogens (tertiary/aromatic N) is 3. The topological polar surface area (TPSA) is 81.3 Å². The van der Waals surface area contributed by atoms with Crippen LogP contribution in [0.1, 0.15) is 23.1 Å². The summed E-state index contributed by atoms with van der Waals surface area (Å²) in [6, 6.07) is 7.18. The van der Waals surface area contributed by atoms with Gasteiger partial charge in [0, 0.05) is 12.6 Å². The van der Waals surface area contributed by atoms with Crippen LogP contribution in [0, 0.1) is 6.92 Å². The summed E-state index contributed by atoms with van der Waals surface area (Å²) in [6.07, 6.45) is 0. The lowest BCUT2D eigenvalue weighted by Crippen LogP contribution is -2.16. The van der Waals surface area contributed by atoms with Crippen LogP contribution in [0.5, 0.6) is 5.75 Å². The average Bonchev–Trinajstić information content (AvgIpc) is 3.01. The number of primary amides is 1. The number of thiophene rings is 1. The number of fused-ring (bicyclic) bond motifs is 1. The largest absolute Gasteiger partial charge is 0.492 e. The molecular formula is C17H18N4O2S. The van der Waals surface area contributed by atoms with Gasteiger partial charge in [0.05, 0.1) is 17.7 Å². The molecule has 0 fully saturated rings. The second-order valence-corrected chi connectivity index (χ2v) is 6.17. The molecule has 0 aliphatic rings. The molecule has 2 N–H and O–H groups in total. The van der Waals surface area contributed by atoms with Gasteiger partial charge in [-0.25, -0.2) is 9.97 Å². The zero-order valence-electron chi connectivity index (χ0n) is 13.7. The Bertz CT molecular complexity index is 907. The molecule has 0 atom stereocenters. The van der Waals surface area contributed by atoms with E-state index in [1.807, 2.05) is 43.3 Å². The van der Waals surface area contributed by atoms with Gasteiger partial charge < -0.3 is 15.4 Å². The summed E-state index contributed by atoms with van der Waals surface area (Å²) in [6.45, 7) is 4.25. The van der Waals surface area contributed by atoms with E-state index in [4.69, 9.17) is 10.5 Å². The van der Waals surface area contributed by atoms with Crippen LogP contribution in [0.4, 0.5) is 11.5 Å². The first-order valence-corrected chi connectivity index (χ1v) is 8.41. The van der Waals surface area contributed by atoms with Gasteiger partial charge in [-0.2, -0.15) is 0 Å². The van der Waals surface area contributed by atoms with Gasteiger partial charge in [0.1, 0.15) is 22.2 Å². The molecule has 6 nitrogen and oxygen atoms in total. The quantitative estimate of drug-likeness (QED) is 0.769. The number of ether oxygens (including phenoxy) is 1. The van der Waals surface area contributed by atoms with E-state index >= 15 is 0 Å². The first-order chi connectivity index (χ1) is 11.5. The molecule has 3 rings (SSSR count). The minimum Gasteiger partial charge on any atom is -0.492 e. The van der Waals surface area contributed by atoms with Crippen LogP contribution in [0.25, 0.3) is 10.2 Å². The van der Waals surface area contributed by atoms with Crippen LogP contribution >= 0.6 is 11.3 Å². The normalized spacial score (nSPS) is 10.8. The first kappa shape index (κ1) is 16.2. The molecule has 0 spiro atoms. The van der Waals surface area contributed by atoms with Crippen molar-refractivity contribution < 1.29 is 9.53 Å². The lowest BCUT2D eigenvalue weighted by Gasteiger charge is -2.22. The van der Waals surface area contributed by atoms with Crippen LogP contribution < -0.4 is 15.4 Å². The molecule has 0 unspecified atom stereocenters. The summed E-state index contributed by atoms with van der Waals surface area (Å²) in [5, 5.41) is 2.98. The van der Waals surface area contributed by atoms with Crippen molar-refractivity contribution in [3.05, 3.63) is 41.0 Å². The Balaban J connectivity index is 2.13. The van der Waals surface area contributed by atoms with Gasteiger partial charge in [0.25, 0.3) is 0 Å². The Morgan fingerprint density at radius 2 is 2.12 bits per heavy atom. The maximum Gasteiger partial charge on any atom is 0.248 e. The van der Waals surface area contributed by atoms with Crippen molar-refractivity contribution in [1.29, 1.82) is 0 Å². The van der Waals surface area contributed by atoms with E-state index in [-0.39, 0.29) is 0 Å². The van der Waals surface area contributed by atoms with E-state index < -0.39 is 5.91 Å². The number of aryl methyl sites for hydroxylation is 1. The van der Waals surface area contributed by atoms with Gasteiger partial charge in [0.15, 0.2) is 0 Å². The summed E-state index contributed by atoms with van der Waals surface area (Å²) >= 11 is 1.58. The second kappa shape index (κ2) is 6.45. The van der Waals surface area contributed by atoms with Crippen molar-refractivity contribution in [1.82, 2.24) is 9.97 Å². The lowest BCUT2D eigenvalue weighted by molar-refractivity contribution is 0.1000. The average molecular weight is 342 g/mol. The van der Waals surface area contributed by atoms with E-state index in [0.717, 1.165) is 21.7 Å². The van der Waals surface area contributed by atoms with Crippen LogP contribution in [0.3, 0.4) is 0 Å². The van der Waals surface area contributed by atoms with Crippen molar-refractivity contribution in [2.24, 2.45) is 5.73 Å². The third-order valence-electron chi connectivity index (χ3n) is 3.64. The fourth-order valence-corrected chi connectivity index (χ4v) is 3.33. The summed E-state index contributed by atoms with van der Waals surface area (Å²) in [4.78, 5) is 23.4. The molecule has 1 aromatic carbocycles. The number of aromatic nitrogens is 2. The monoisotopic (exact) mass is 342 g/mol. The first-order valence-electron chi connectivity index (χ1n) is 7.53. The molecule has 0 bridgehead atoms.